The number of carbonyl (C=O) groups is 2. The number of amides is 2. The Morgan fingerprint density at radius 3 is 2.59 bits per heavy atom. The first-order valence-electron chi connectivity index (χ1n) is 5.94. The summed E-state index contributed by atoms with van der Waals surface area (Å²) in [5, 5.41) is 3.14. The Kier molecular flexibility index (Phi) is 6.57. The van der Waals surface area contributed by atoms with Gasteiger partial charge in [0.2, 0.25) is 12.3 Å². The zero-order chi connectivity index (χ0) is 12.5. The monoisotopic (exact) mass is 243 g/mol. The van der Waals surface area contributed by atoms with E-state index in [1.54, 1.807) is 12.0 Å². The van der Waals surface area contributed by atoms with E-state index in [-0.39, 0.29) is 5.91 Å². The number of hydrogen-bond acceptors (Lipinski definition) is 4. The molecule has 1 N–H and O–H groups in total. The molecule has 0 aromatic carbocycles. The predicted molar refractivity (Wildman–Crippen MR) is 63.6 cm³/mol. The van der Waals surface area contributed by atoms with E-state index in [0.717, 1.165) is 13.0 Å². The molecule has 6 heteroatoms. The van der Waals surface area contributed by atoms with Crippen LogP contribution in [0.15, 0.2) is 0 Å². The van der Waals surface area contributed by atoms with E-state index in [1.807, 2.05) is 4.90 Å². The Morgan fingerprint density at radius 1 is 1.29 bits per heavy atom. The van der Waals surface area contributed by atoms with Gasteiger partial charge in [-0.15, -0.1) is 0 Å². The molecule has 0 aromatic rings. The number of rotatable bonds is 7. The highest BCUT2D eigenvalue weighted by atomic mass is 16.5. The van der Waals surface area contributed by atoms with E-state index >= 15 is 0 Å². The predicted octanol–water partition coefficient (Wildman–Crippen LogP) is -1.09. The quantitative estimate of drug-likeness (QED) is 0.456. The van der Waals surface area contributed by atoms with Crippen molar-refractivity contribution in [2.24, 2.45) is 0 Å². The summed E-state index contributed by atoms with van der Waals surface area (Å²) < 4.78 is 4.89. The van der Waals surface area contributed by atoms with Crippen molar-refractivity contribution in [3.63, 3.8) is 0 Å². The highest BCUT2D eigenvalue weighted by molar-refractivity contribution is 5.76. The van der Waals surface area contributed by atoms with Gasteiger partial charge in [-0.05, 0) is 0 Å². The van der Waals surface area contributed by atoms with Crippen LogP contribution in [-0.2, 0) is 14.3 Å². The normalized spacial score (nSPS) is 16.1. The summed E-state index contributed by atoms with van der Waals surface area (Å²) >= 11 is 0. The molecule has 0 atom stereocenters. The van der Waals surface area contributed by atoms with Crippen LogP contribution in [0.3, 0.4) is 0 Å². The molecule has 1 heterocycles. The second-order valence-corrected chi connectivity index (χ2v) is 4.01. The maximum Gasteiger partial charge on any atom is 0.223 e. The molecule has 6 nitrogen and oxygen atoms in total. The molecule has 0 unspecified atom stereocenters. The van der Waals surface area contributed by atoms with Crippen LogP contribution in [0.4, 0.5) is 0 Å². The Balaban J connectivity index is 2.10. The van der Waals surface area contributed by atoms with Gasteiger partial charge in [-0.1, -0.05) is 0 Å². The highest BCUT2D eigenvalue weighted by Crippen LogP contribution is 2.01. The third-order valence-corrected chi connectivity index (χ3v) is 2.81. The van der Waals surface area contributed by atoms with E-state index in [0.29, 0.717) is 45.8 Å². The van der Waals surface area contributed by atoms with Gasteiger partial charge in [0.1, 0.15) is 0 Å². The standard InChI is InChI=1S/C11H21N3O3/c1-17-9-4-12-3-2-11(16)14-7-5-13(10-15)6-8-14/h10,12H,2-9H2,1H3. The van der Waals surface area contributed by atoms with Gasteiger partial charge < -0.3 is 19.9 Å². The van der Waals surface area contributed by atoms with E-state index in [1.165, 1.54) is 0 Å². The second-order valence-electron chi connectivity index (χ2n) is 4.01. The van der Waals surface area contributed by atoms with Crippen LogP contribution in [0.1, 0.15) is 6.42 Å². The van der Waals surface area contributed by atoms with Gasteiger partial charge in [-0.3, -0.25) is 9.59 Å². The van der Waals surface area contributed by atoms with E-state index in [2.05, 4.69) is 5.32 Å². The van der Waals surface area contributed by atoms with Crippen molar-refractivity contribution in [3.8, 4) is 0 Å². The maximum atomic E-state index is 11.8. The lowest BCUT2D eigenvalue weighted by molar-refractivity contribution is -0.135. The zero-order valence-corrected chi connectivity index (χ0v) is 10.4. The van der Waals surface area contributed by atoms with E-state index in [4.69, 9.17) is 4.74 Å². The smallest absolute Gasteiger partial charge is 0.223 e. The molecule has 1 fully saturated rings. The van der Waals surface area contributed by atoms with Gasteiger partial charge in [-0.2, -0.15) is 0 Å². The third-order valence-electron chi connectivity index (χ3n) is 2.81. The fraction of sp³-hybridized carbons (Fsp3) is 0.818. The van der Waals surface area contributed by atoms with Gasteiger partial charge in [-0.25, -0.2) is 0 Å². The van der Waals surface area contributed by atoms with Crippen LogP contribution >= 0.6 is 0 Å². The Labute approximate surface area is 102 Å². The lowest BCUT2D eigenvalue weighted by Gasteiger charge is -2.32. The molecule has 1 aliphatic heterocycles. The van der Waals surface area contributed by atoms with Crippen molar-refractivity contribution in [2.75, 3.05) is 53.0 Å². The van der Waals surface area contributed by atoms with Crippen LogP contribution in [0.2, 0.25) is 0 Å². The SMILES string of the molecule is COCCNCCC(=O)N1CCN(C=O)CC1. The fourth-order valence-corrected chi connectivity index (χ4v) is 1.73. The molecule has 1 saturated heterocycles. The summed E-state index contributed by atoms with van der Waals surface area (Å²) in [5.41, 5.74) is 0. The van der Waals surface area contributed by atoms with Crippen LogP contribution in [0.5, 0.6) is 0 Å². The molecule has 1 aliphatic rings. The number of nitrogens with zero attached hydrogens (tertiary/aromatic N) is 2. The minimum atomic E-state index is 0.153. The molecular weight excluding hydrogens is 222 g/mol. The number of hydrogen-bond donors (Lipinski definition) is 1. The van der Waals surface area contributed by atoms with Gasteiger partial charge in [0.05, 0.1) is 6.61 Å². The molecule has 1 rings (SSSR count). The van der Waals surface area contributed by atoms with Gasteiger partial charge in [0.25, 0.3) is 0 Å². The number of nitrogens with one attached hydrogen (secondary N) is 1. The molecular formula is C11H21N3O3. The average molecular weight is 243 g/mol. The summed E-state index contributed by atoms with van der Waals surface area (Å²) in [5.74, 6) is 0.153. The lowest BCUT2D eigenvalue weighted by atomic mass is 10.3. The molecule has 0 spiro atoms. The number of ether oxygens (including phenoxy) is 1. The number of methoxy groups -OCH3 is 1. The van der Waals surface area contributed by atoms with Gasteiger partial charge in [0, 0.05) is 52.8 Å². The molecule has 0 bridgehead atoms. The molecule has 0 aliphatic carbocycles. The van der Waals surface area contributed by atoms with E-state index in [9.17, 15) is 9.59 Å². The average Bonchev–Trinajstić information content (AvgIpc) is 2.38. The Morgan fingerprint density at radius 2 is 2.00 bits per heavy atom. The topological polar surface area (TPSA) is 61.9 Å². The van der Waals surface area contributed by atoms with Crippen LogP contribution in [0.25, 0.3) is 0 Å². The summed E-state index contributed by atoms with van der Waals surface area (Å²) in [4.78, 5) is 25.8. The van der Waals surface area contributed by atoms with Crippen LogP contribution in [-0.4, -0.2) is 75.1 Å². The minimum absolute atomic E-state index is 0.153. The second kappa shape index (κ2) is 8.03. The van der Waals surface area contributed by atoms with Crippen molar-refractivity contribution < 1.29 is 14.3 Å². The van der Waals surface area contributed by atoms with Gasteiger partial charge >= 0.3 is 0 Å². The number of piperazine rings is 1. The van der Waals surface area contributed by atoms with E-state index < -0.39 is 0 Å². The molecule has 2 amide bonds. The zero-order valence-electron chi connectivity index (χ0n) is 10.4. The first-order chi connectivity index (χ1) is 8.27. The summed E-state index contributed by atoms with van der Waals surface area (Å²) in [6, 6.07) is 0. The summed E-state index contributed by atoms with van der Waals surface area (Å²) in [7, 11) is 1.65. The minimum Gasteiger partial charge on any atom is -0.383 e. The molecule has 17 heavy (non-hydrogen) atoms. The molecule has 0 saturated carbocycles. The largest absolute Gasteiger partial charge is 0.383 e. The first-order valence-corrected chi connectivity index (χ1v) is 5.94. The molecule has 98 valence electrons. The fourth-order valence-electron chi connectivity index (χ4n) is 1.73. The van der Waals surface area contributed by atoms with Crippen molar-refractivity contribution in [1.82, 2.24) is 15.1 Å². The van der Waals surface area contributed by atoms with Crippen LogP contribution in [0, 0.1) is 0 Å². The first kappa shape index (κ1) is 13.9. The van der Waals surface area contributed by atoms with Crippen molar-refractivity contribution in [2.45, 2.75) is 6.42 Å². The Bertz CT molecular complexity index is 240. The van der Waals surface area contributed by atoms with Crippen molar-refractivity contribution >= 4 is 12.3 Å². The highest BCUT2D eigenvalue weighted by Gasteiger charge is 2.19. The third kappa shape index (κ3) is 5.14. The van der Waals surface area contributed by atoms with Crippen molar-refractivity contribution in [3.05, 3.63) is 0 Å². The lowest BCUT2D eigenvalue weighted by Crippen LogP contribution is -2.48. The summed E-state index contributed by atoms with van der Waals surface area (Å²) in [6.07, 6.45) is 1.35. The maximum absolute atomic E-state index is 11.8. The number of carbonyl (C=O) groups excluding carboxylic acids is 2. The van der Waals surface area contributed by atoms with Gasteiger partial charge in [0.15, 0.2) is 0 Å². The molecule has 0 radical (unpaired) electrons. The summed E-state index contributed by atoms with van der Waals surface area (Å²) in [6.45, 7) is 4.69. The molecule has 0 aromatic heterocycles. The Hall–Kier alpha value is -1.14. The van der Waals surface area contributed by atoms with Crippen LogP contribution < -0.4 is 5.32 Å². The van der Waals surface area contributed by atoms with Crippen molar-refractivity contribution in [1.29, 1.82) is 0 Å².